The van der Waals surface area contributed by atoms with E-state index in [-0.39, 0.29) is 11.5 Å². The van der Waals surface area contributed by atoms with Gasteiger partial charge in [-0.25, -0.2) is 13.6 Å². The first-order chi connectivity index (χ1) is 6.95. The molecule has 0 bridgehead atoms. The molecule has 0 saturated heterocycles. The molecule has 0 heterocycles. The number of rotatable bonds is 4. The van der Waals surface area contributed by atoms with E-state index < -0.39 is 10.0 Å². The van der Waals surface area contributed by atoms with Gasteiger partial charge in [0.15, 0.2) is 0 Å². The van der Waals surface area contributed by atoms with Gasteiger partial charge in [0, 0.05) is 11.1 Å². The molecule has 6 heteroatoms. The Hall–Kier alpha value is -0.430. The van der Waals surface area contributed by atoms with Gasteiger partial charge in [0.05, 0.1) is 4.90 Å². The van der Waals surface area contributed by atoms with Gasteiger partial charge in [-0.15, -0.1) is 0 Å². The predicted octanol–water partition coefficient (Wildman–Crippen LogP) is 1.02. The van der Waals surface area contributed by atoms with Crippen LogP contribution < -0.4 is 5.14 Å². The Morgan fingerprint density at radius 2 is 2.07 bits per heavy atom. The van der Waals surface area contributed by atoms with Crippen LogP contribution in [-0.4, -0.2) is 20.1 Å². The van der Waals surface area contributed by atoms with Crippen LogP contribution in [-0.2, 0) is 16.4 Å². The van der Waals surface area contributed by atoms with Crippen LogP contribution in [0.4, 0.5) is 0 Å². The molecular formula is C9H12BrNO3S. The van der Waals surface area contributed by atoms with Crippen molar-refractivity contribution >= 4 is 26.0 Å². The molecule has 84 valence electrons. The maximum absolute atomic E-state index is 11.0. The fourth-order valence-electron chi connectivity index (χ4n) is 1.18. The van der Waals surface area contributed by atoms with Crippen LogP contribution >= 0.6 is 15.9 Å². The van der Waals surface area contributed by atoms with Crippen LogP contribution in [0.2, 0.25) is 0 Å². The second kappa shape index (κ2) is 5.07. The highest BCUT2D eigenvalue weighted by atomic mass is 79.9. The molecule has 0 aliphatic carbocycles. The Balaban J connectivity index is 2.99. The summed E-state index contributed by atoms with van der Waals surface area (Å²) in [5.74, 6) is 0. The predicted molar refractivity (Wildman–Crippen MR) is 60.9 cm³/mol. The van der Waals surface area contributed by atoms with Crippen molar-refractivity contribution in [3.63, 3.8) is 0 Å². The molecule has 3 N–H and O–H groups in total. The lowest BCUT2D eigenvalue weighted by molar-refractivity contribution is 0.288. The summed E-state index contributed by atoms with van der Waals surface area (Å²) in [5.41, 5.74) is 0.955. The number of hydrogen-bond acceptors (Lipinski definition) is 3. The van der Waals surface area contributed by atoms with Gasteiger partial charge >= 0.3 is 0 Å². The van der Waals surface area contributed by atoms with Crippen LogP contribution in [0, 0.1) is 0 Å². The van der Waals surface area contributed by atoms with E-state index in [4.69, 9.17) is 10.2 Å². The molecule has 0 amide bonds. The molecule has 1 aromatic carbocycles. The van der Waals surface area contributed by atoms with Crippen molar-refractivity contribution < 1.29 is 13.5 Å². The van der Waals surface area contributed by atoms with Crippen molar-refractivity contribution in [2.45, 2.75) is 17.7 Å². The highest BCUT2D eigenvalue weighted by Crippen LogP contribution is 2.21. The number of aliphatic hydroxyl groups is 1. The summed E-state index contributed by atoms with van der Waals surface area (Å²) in [6.07, 6.45) is 1.34. The molecule has 0 saturated carbocycles. The number of aliphatic hydroxyl groups excluding tert-OH is 1. The van der Waals surface area contributed by atoms with Gasteiger partial charge in [0.1, 0.15) is 0 Å². The number of benzene rings is 1. The van der Waals surface area contributed by atoms with E-state index in [1.54, 1.807) is 6.07 Å². The topological polar surface area (TPSA) is 80.4 Å². The summed E-state index contributed by atoms with van der Waals surface area (Å²) in [6.45, 7) is 0.114. The van der Waals surface area contributed by atoms with Crippen molar-refractivity contribution in [2.24, 2.45) is 5.14 Å². The van der Waals surface area contributed by atoms with Crippen molar-refractivity contribution in [1.29, 1.82) is 0 Å². The Morgan fingerprint density at radius 1 is 1.40 bits per heavy atom. The Bertz CT molecular complexity index is 445. The summed E-state index contributed by atoms with van der Waals surface area (Å²) in [5, 5.41) is 13.7. The first-order valence-corrected chi connectivity index (χ1v) is 6.71. The van der Waals surface area contributed by atoms with Gasteiger partial charge < -0.3 is 5.11 Å². The van der Waals surface area contributed by atoms with E-state index in [1.807, 2.05) is 0 Å². The second-order valence-corrected chi connectivity index (χ2v) is 5.54. The number of aryl methyl sites for hydroxylation is 1. The average Bonchev–Trinajstić information content (AvgIpc) is 2.14. The zero-order valence-electron chi connectivity index (χ0n) is 7.98. The highest BCUT2D eigenvalue weighted by Gasteiger charge is 2.09. The monoisotopic (exact) mass is 293 g/mol. The van der Waals surface area contributed by atoms with Gasteiger partial charge in [-0.3, -0.25) is 0 Å². The molecule has 0 fully saturated rings. The quantitative estimate of drug-likeness (QED) is 0.870. The Kier molecular flexibility index (Phi) is 4.27. The van der Waals surface area contributed by atoms with E-state index in [1.165, 1.54) is 12.1 Å². The van der Waals surface area contributed by atoms with Crippen LogP contribution in [0.25, 0.3) is 0 Å². The molecule has 0 spiro atoms. The molecule has 1 aromatic rings. The normalized spacial score (nSPS) is 11.7. The standard InChI is InChI=1S/C9H12BrNO3S/c10-9-6-8(15(11,13)14)4-3-7(9)2-1-5-12/h3-4,6,12H,1-2,5H2,(H2,11,13,14). The Labute approximate surface area is 97.3 Å². The molecule has 4 nitrogen and oxygen atoms in total. The van der Waals surface area contributed by atoms with Crippen molar-refractivity contribution in [1.82, 2.24) is 0 Å². The first-order valence-electron chi connectivity index (χ1n) is 4.37. The molecule has 1 rings (SSSR count). The summed E-state index contributed by atoms with van der Waals surface area (Å²) >= 11 is 3.27. The maximum atomic E-state index is 11.0. The number of nitrogens with two attached hydrogens (primary N) is 1. The molecular weight excluding hydrogens is 282 g/mol. The molecule has 0 aliphatic rings. The summed E-state index contributed by atoms with van der Waals surface area (Å²) in [7, 11) is -3.64. The summed E-state index contributed by atoms with van der Waals surface area (Å²) in [6, 6.07) is 4.63. The number of sulfonamides is 1. The molecule has 0 aliphatic heterocycles. The van der Waals surface area contributed by atoms with Crippen LogP contribution in [0.15, 0.2) is 27.6 Å². The van der Waals surface area contributed by atoms with E-state index in [9.17, 15) is 8.42 Å². The third-order valence-corrected chi connectivity index (χ3v) is 3.61. The van der Waals surface area contributed by atoms with Crippen LogP contribution in [0.5, 0.6) is 0 Å². The molecule has 0 radical (unpaired) electrons. The third kappa shape index (κ3) is 3.57. The van der Waals surface area contributed by atoms with Crippen LogP contribution in [0.3, 0.4) is 0 Å². The number of halogens is 1. The van der Waals surface area contributed by atoms with Gasteiger partial charge in [-0.05, 0) is 30.5 Å². The smallest absolute Gasteiger partial charge is 0.238 e. The molecule has 0 atom stereocenters. The number of hydrogen-bond donors (Lipinski definition) is 2. The number of primary sulfonamides is 1. The molecule has 15 heavy (non-hydrogen) atoms. The van der Waals surface area contributed by atoms with E-state index in [0.717, 1.165) is 5.56 Å². The fraction of sp³-hybridized carbons (Fsp3) is 0.333. The van der Waals surface area contributed by atoms with Crippen molar-refractivity contribution in [3.8, 4) is 0 Å². The van der Waals surface area contributed by atoms with E-state index in [2.05, 4.69) is 15.9 Å². The van der Waals surface area contributed by atoms with Crippen molar-refractivity contribution in [3.05, 3.63) is 28.2 Å². The molecule has 0 aromatic heterocycles. The SMILES string of the molecule is NS(=O)(=O)c1ccc(CCCO)c(Br)c1. The third-order valence-electron chi connectivity index (χ3n) is 1.96. The lowest BCUT2D eigenvalue weighted by Gasteiger charge is -2.05. The molecule has 0 unspecified atom stereocenters. The van der Waals surface area contributed by atoms with Gasteiger partial charge in [0.25, 0.3) is 0 Å². The summed E-state index contributed by atoms with van der Waals surface area (Å²) in [4.78, 5) is 0.0853. The Morgan fingerprint density at radius 3 is 2.53 bits per heavy atom. The van der Waals surface area contributed by atoms with E-state index in [0.29, 0.717) is 17.3 Å². The fourth-order valence-corrected chi connectivity index (χ4v) is 2.45. The van der Waals surface area contributed by atoms with Gasteiger partial charge in [0.2, 0.25) is 10.0 Å². The minimum atomic E-state index is -3.64. The van der Waals surface area contributed by atoms with Crippen LogP contribution in [0.1, 0.15) is 12.0 Å². The zero-order valence-corrected chi connectivity index (χ0v) is 10.4. The lowest BCUT2D eigenvalue weighted by Crippen LogP contribution is -2.12. The average molecular weight is 294 g/mol. The lowest BCUT2D eigenvalue weighted by atomic mass is 10.1. The van der Waals surface area contributed by atoms with E-state index >= 15 is 0 Å². The largest absolute Gasteiger partial charge is 0.396 e. The minimum absolute atomic E-state index is 0.0853. The van der Waals surface area contributed by atoms with Crippen molar-refractivity contribution in [2.75, 3.05) is 6.61 Å². The first kappa shape index (κ1) is 12.6. The second-order valence-electron chi connectivity index (χ2n) is 3.13. The zero-order chi connectivity index (χ0) is 11.5. The van der Waals surface area contributed by atoms with Gasteiger partial charge in [-0.2, -0.15) is 0 Å². The maximum Gasteiger partial charge on any atom is 0.238 e. The minimum Gasteiger partial charge on any atom is -0.396 e. The summed E-state index contributed by atoms with van der Waals surface area (Å²) < 4.78 is 22.8. The van der Waals surface area contributed by atoms with Gasteiger partial charge in [-0.1, -0.05) is 22.0 Å². The highest BCUT2D eigenvalue weighted by molar-refractivity contribution is 9.10.